The molecule has 1 aliphatic rings. The Morgan fingerprint density at radius 1 is 1.41 bits per heavy atom. The fraction of sp³-hybridized carbons (Fsp3) is 0.250. The lowest BCUT2D eigenvalue weighted by molar-refractivity contribution is 0.0597. The van der Waals surface area contributed by atoms with Crippen molar-refractivity contribution in [3.63, 3.8) is 0 Å². The highest BCUT2D eigenvalue weighted by Crippen LogP contribution is 2.37. The van der Waals surface area contributed by atoms with Crippen molar-refractivity contribution in [2.24, 2.45) is 0 Å². The van der Waals surface area contributed by atoms with Gasteiger partial charge in [-0.25, -0.2) is 4.79 Å². The molecule has 0 saturated carbocycles. The number of alkyl halides is 1. The van der Waals surface area contributed by atoms with Crippen LogP contribution < -0.4 is 10.1 Å². The third kappa shape index (κ3) is 2.08. The molecule has 17 heavy (non-hydrogen) atoms. The number of esters is 1. The Balaban J connectivity index is 2.54. The van der Waals surface area contributed by atoms with Crippen LogP contribution in [0.3, 0.4) is 0 Å². The first-order valence-corrected chi connectivity index (χ1v) is 5.48. The third-order valence-electron chi connectivity index (χ3n) is 2.58. The number of anilines is 1. The molecule has 0 aromatic heterocycles. The van der Waals surface area contributed by atoms with Crippen molar-refractivity contribution in [2.75, 3.05) is 19.5 Å². The normalized spacial score (nSPS) is 17.0. The van der Waals surface area contributed by atoms with Crippen LogP contribution in [0.4, 0.5) is 5.69 Å². The quantitative estimate of drug-likeness (QED) is 0.650. The summed E-state index contributed by atoms with van der Waals surface area (Å²) < 4.78 is 9.87. The zero-order valence-corrected chi connectivity index (χ0v) is 10.2. The lowest BCUT2D eigenvalue weighted by Gasteiger charge is -2.19. The molecule has 1 aliphatic heterocycles. The minimum atomic E-state index is -0.442. The van der Waals surface area contributed by atoms with Gasteiger partial charge in [-0.05, 0) is 23.9 Å². The van der Waals surface area contributed by atoms with E-state index in [9.17, 15) is 4.79 Å². The summed E-state index contributed by atoms with van der Waals surface area (Å²) >= 11 is 6.14. The standard InChI is InChI=1S/C12H12ClNO3/c1-16-11-6-10-7(9(13)3-4-14-10)5-8(11)12(15)17-2/h3-6,9,14H,1-2H3. The Hall–Kier alpha value is -1.68. The molecule has 4 nitrogen and oxygen atoms in total. The first-order chi connectivity index (χ1) is 8.17. The second-order valence-electron chi connectivity index (χ2n) is 3.54. The molecule has 1 heterocycles. The third-order valence-corrected chi connectivity index (χ3v) is 2.96. The van der Waals surface area contributed by atoms with E-state index in [4.69, 9.17) is 21.1 Å². The van der Waals surface area contributed by atoms with Gasteiger partial charge in [0.15, 0.2) is 0 Å². The number of ether oxygens (including phenoxy) is 2. The van der Waals surface area contributed by atoms with E-state index in [1.807, 2.05) is 0 Å². The van der Waals surface area contributed by atoms with E-state index in [1.54, 1.807) is 24.4 Å². The molecule has 1 aromatic carbocycles. The fourth-order valence-corrected chi connectivity index (χ4v) is 1.97. The van der Waals surface area contributed by atoms with Crippen LogP contribution in [0.15, 0.2) is 24.4 Å². The molecule has 1 aromatic rings. The summed E-state index contributed by atoms with van der Waals surface area (Å²) in [6.07, 6.45) is 3.56. The summed E-state index contributed by atoms with van der Waals surface area (Å²) in [7, 11) is 2.84. The van der Waals surface area contributed by atoms with E-state index >= 15 is 0 Å². The van der Waals surface area contributed by atoms with E-state index in [-0.39, 0.29) is 5.38 Å². The molecule has 2 rings (SSSR count). The number of hydrogen-bond donors (Lipinski definition) is 1. The van der Waals surface area contributed by atoms with Crippen molar-refractivity contribution in [3.05, 3.63) is 35.5 Å². The topological polar surface area (TPSA) is 47.6 Å². The molecule has 0 aliphatic carbocycles. The number of halogens is 1. The van der Waals surface area contributed by atoms with Crippen LogP contribution >= 0.6 is 11.6 Å². The molecule has 0 radical (unpaired) electrons. The summed E-state index contributed by atoms with van der Waals surface area (Å²) in [5.41, 5.74) is 2.03. The predicted molar refractivity (Wildman–Crippen MR) is 65.7 cm³/mol. The van der Waals surface area contributed by atoms with Gasteiger partial charge in [-0.15, -0.1) is 11.6 Å². The summed E-state index contributed by atoms with van der Waals surface area (Å²) in [6, 6.07) is 3.43. The first-order valence-electron chi connectivity index (χ1n) is 5.05. The molecule has 0 fully saturated rings. The van der Waals surface area contributed by atoms with Crippen LogP contribution in [0.1, 0.15) is 21.3 Å². The minimum absolute atomic E-state index is 0.263. The van der Waals surface area contributed by atoms with Gasteiger partial charge < -0.3 is 14.8 Å². The van der Waals surface area contributed by atoms with Crippen molar-refractivity contribution >= 4 is 23.3 Å². The van der Waals surface area contributed by atoms with Gasteiger partial charge in [0.1, 0.15) is 11.3 Å². The number of hydrogen-bond acceptors (Lipinski definition) is 4. The van der Waals surface area contributed by atoms with Crippen LogP contribution in [0.25, 0.3) is 0 Å². The lowest BCUT2D eigenvalue weighted by Crippen LogP contribution is -2.09. The van der Waals surface area contributed by atoms with Crippen LogP contribution in [0.2, 0.25) is 0 Å². The second kappa shape index (κ2) is 4.67. The van der Waals surface area contributed by atoms with Crippen LogP contribution in [0, 0.1) is 0 Å². The molecule has 0 amide bonds. The van der Waals surface area contributed by atoms with Crippen molar-refractivity contribution in [2.45, 2.75) is 5.38 Å². The van der Waals surface area contributed by atoms with Crippen molar-refractivity contribution in [3.8, 4) is 5.75 Å². The smallest absolute Gasteiger partial charge is 0.341 e. The Morgan fingerprint density at radius 2 is 2.18 bits per heavy atom. The Bertz CT molecular complexity index is 485. The van der Waals surface area contributed by atoms with E-state index < -0.39 is 5.97 Å². The number of rotatable bonds is 2. The first kappa shape index (κ1) is 11.8. The highest BCUT2D eigenvalue weighted by atomic mass is 35.5. The number of allylic oxidation sites excluding steroid dienone is 1. The van der Waals surface area contributed by atoms with Crippen LogP contribution in [0.5, 0.6) is 5.75 Å². The van der Waals surface area contributed by atoms with Gasteiger partial charge in [0.05, 0.1) is 19.6 Å². The summed E-state index contributed by atoms with van der Waals surface area (Å²) in [5.74, 6) is 0.0188. The summed E-state index contributed by atoms with van der Waals surface area (Å²) in [5, 5.41) is 2.79. The van der Waals surface area contributed by atoms with Crippen LogP contribution in [-0.2, 0) is 4.74 Å². The molecule has 1 N–H and O–H groups in total. The van der Waals surface area contributed by atoms with Gasteiger partial charge in [-0.3, -0.25) is 0 Å². The summed E-state index contributed by atoms with van der Waals surface area (Å²) in [4.78, 5) is 11.6. The molecule has 0 bridgehead atoms. The molecule has 0 saturated heterocycles. The summed E-state index contributed by atoms with van der Waals surface area (Å²) in [6.45, 7) is 0. The molecule has 90 valence electrons. The zero-order valence-electron chi connectivity index (χ0n) is 9.49. The molecule has 1 atom stereocenters. The monoisotopic (exact) mass is 253 g/mol. The predicted octanol–water partition coefficient (Wildman–Crippen LogP) is 2.70. The maximum atomic E-state index is 11.6. The van der Waals surface area contributed by atoms with E-state index in [0.717, 1.165) is 11.3 Å². The van der Waals surface area contributed by atoms with Crippen molar-refractivity contribution < 1.29 is 14.3 Å². The average Bonchev–Trinajstić information content (AvgIpc) is 2.37. The molecule has 1 unspecified atom stereocenters. The highest BCUT2D eigenvalue weighted by Gasteiger charge is 2.21. The van der Waals surface area contributed by atoms with Gasteiger partial charge in [-0.2, -0.15) is 0 Å². The maximum absolute atomic E-state index is 11.6. The van der Waals surface area contributed by atoms with Crippen molar-refractivity contribution in [1.82, 2.24) is 0 Å². The number of benzene rings is 1. The fourth-order valence-electron chi connectivity index (χ4n) is 1.71. The van der Waals surface area contributed by atoms with E-state index in [2.05, 4.69) is 5.32 Å². The Kier molecular flexibility index (Phi) is 3.24. The number of fused-ring (bicyclic) bond motifs is 1. The zero-order chi connectivity index (χ0) is 12.4. The molecule has 0 spiro atoms. The number of methoxy groups -OCH3 is 2. The number of carbonyl (C=O) groups excluding carboxylic acids is 1. The van der Waals surface area contributed by atoms with E-state index in [1.165, 1.54) is 14.2 Å². The van der Waals surface area contributed by atoms with Gasteiger partial charge >= 0.3 is 5.97 Å². The van der Waals surface area contributed by atoms with Gasteiger partial charge in [0.25, 0.3) is 0 Å². The molecular formula is C12H12ClNO3. The average molecular weight is 254 g/mol. The van der Waals surface area contributed by atoms with Gasteiger partial charge in [0.2, 0.25) is 0 Å². The van der Waals surface area contributed by atoms with Crippen molar-refractivity contribution in [1.29, 1.82) is 0 Å². The van der Waals surface area contributed by atoms with Crippen LogP contribution in [-0.4, -0.2) is 20.2 Å². The molecule has 5 heteroatoms. The SMILES string of the molecule is COC(=O)c1cc2c(cc1OC)NC=CC2Cl. The number of carbonyl (C=O) groups is 1. The molecular weight excluding hydrogens is 242 g/mol. The van der Waals surface area contributed by atoms with Gasteiger partial charge in [-0.1, -0.05) is 0 Å². The lowest BCUT2D eigenvalue weighted by atomic mass is 10.0. The number of nitrogens with one attached hydrogen (secondary N) is 1. The maximum Gasteiger partial charge on any atom is 0.341 e. The minimum Gasteiger partial charge on any atom is -0.496 e. The van der Waals surface area contributed by atoms with E-state index in [0.29, 0.717) is 11.3 Å². The Labute approximate surface area is 104 Å². The largest absolute Gasteiger partial charge is 0.496 e. The Morgan fingerprint density at radius 3 is 2.82 bits per heavy atom. The highest BCUT2D eigenvalue weighted by molar-refractivity contribution is 6.22. The van der Waals surface area contributed by atoms with Gasteiger partial charge in [0, 0.05) is 11.8 Å². The second-order valence-corrected chi connectivity index (χ2v) is 4.01.